The molecule has 0 saturated carbocycles. The molecule has 0 aliphatic carbocycles. The van der Waals surface area contributed by atoms with E-state index in [9.17, 15) is 22.8 Å². The summed E-state index contributed by atoms with van der Waals surface area (Å²) in [4.78, 5) is 4.07. The van der Waals surface area contributed by atoms with Gasteiger partial charge >= 0.3 is 0 Å². The summed E-state index contributed by atoms with van der Waals surface area (Å²) in [6, 6.07) is 29.7. The lowest BCUT2D eigenvalue weighted by Gasteiger charge is -2.16. The van der Waals surface area contributed by atoms with Crippen molar-refractivity contribution in [1.29, 1.82) is 5.26 Å². The molecular formula is C42H23F8NOS4. The van der Waals surface area contributed by atoms with Crippen LogP contribution in [0.2, 0.25) is 0 Å². The third-order valence-corrected chi connectivity index (χ3v) is 12.1. The van der Waals surface area contributed by atoms with Crippen molar-refractivity contribution in [3.05, 3.63) is 149 Å². The molecule has 282 valence electrons. The molecular weight excluding hydrogens is 815 g/mol. The number of terminal acetylenes is 1. The van der Waals surface area contributed by atoms with E-state index in [0.717, 1.165) is 30.0 Å². The zero-order valence-corrected chi connectivity index (χ0v) is 31.9. The molecule has 0 heterocycles. The highest BCUT2D eigenvalue weighted by Crippen LogP contribution is 2.44. The second-order valence-electron chi connectivity index (χ2n) is 11.6. The van der Waals surface area contributed by atoms with Crippen LogP contribution >= 0.6 is 47.0 Å². The Morgan fingerprint density at radius 1 is 0.536 bits per heavy atom. The van der Waals surface area contributed by atoms with E-state index in [1.165, 1.54) is 47.4 Å². The molecule has 6 aromatic carbocycles. The lowest BCUT2D eigenvalue weighted by atomic mass is 10.0. The number of nitriles is 1. The van der Waals surface area contributed by atoms with Gasteiger partial charge in [-0.2, -0.15) is 14.0 Å². The number of aryl methyl sites for hydroxylation is 1. The van der Waals surface area contributed by atoms with Gasteiger partial charge in [0.15, 0.2) is 40.7 Å². The Balaban J connectivity index is 1.16. The number of nitrogens with zero attached hydrogens (tertiary/aromatic N) is 1. The highest BCUT2D eigenvalue weighted by molar-refractivity contribution is 8.00. The average molecular weight is 838 g/mol. The smallest absolute Gasteiger partial charge is 0.204 e. The third kappa shape index (κ3) is 8.69. The molecule has 0 aromatic heterocycles. The molecule has 6 aromatic rings. The van der Waals surface area contributed by atoms with Crippen LogP contribution in [0.25, 0.3) is 11.1 Å². The Labute approximate surface area is 333 Å². The minimum absolute atomic E-state index is 0.143. The Hall–Kier alpha value is -4.99. The fourth-order valence-electron chi connectivity index (χ4n) is 5.15. The summed E-state index contributed by atoms with van der Waals surface area (Å²) in [6.07, 6.45) is 4.81. The number of halogens is 8. The molecule has 0 radical (unpaired) electrons. The van der Waals surface area contributed by atoms with Gasteiger partial charge in [-0.25, -0.2) is 26.3 Å². The molecule has 0 unspecified atom stereocenters. The first kappa shape index (κ1) is 40.7. The van der Waals surface area contributed by atoms with E-state index in [1.54, 1.807) is 12.1 Å². The number of rotatable bonds is 12. The minimum Gasteiger partial charge on any atom is -0.486 e. The van der Waals surface area contributed by atoms with Gasteiger partial charge in [0.05, 0.1) is 28.2 Å². The molecule has 0 bridgehead atoms. The molecule has 56 heavy (non-hydrogen) atoms. The minimum atomic E-state index is -2.33. The van der Waals surface area contributed by atoms with Gasteiger partial charge in [-0.3, -0.25) is 0 Å². The maximum atomic E-state index is 15.2. The van der Waals surface area contributed by atoms with Crippen LogP contribution in [0.5, 0.6) is 5.75 Å². The highest BCUT2D eigenvalue weighted by Gasteiger charge is 2.35. The predicted molar refractivity (Wildman–Crippen MR) is 202 cm³/mol. The molecule has 0 aliphatic rings. The van der Waals surface area contributed by atoms with Crippen LogP contribution in [-0.2, 0) is 0 Å². The summed E-state index contributed by atoms with van der Waals surface area (Å²) < 4.78 is 124. The number of benzene rings is 6. The summed E-state index contributed by atoms with van der Waals surface area (Å²) in [5, 5.41) is 9.98. The van der Waals surface area contributed by atoms with Gasteiger partial charge in [-0.05, 0) is 79.7 Å². The molecule has 0 atom stereocenters. The topological polar surface area (TPSA) is 33.0 Å². The molecule has 0 spiro atoms. The van der Waals surface area contributed by atoms with E-state index in [1.807, 2.05) is 73.7 Å². The largest absolute Gasteiger partial charge is 0.486 e. The second kappa shape index (κ2) is 17.9. The quantitative estimate of drug-likeness (QED) is 0.0528. The summed E-state index contributed by atoms with van der Waals surface area (Å²) in [5.41, 5.74) is -2.25. The van der Waals surface area contributed by atoms with Gasteiger partial charge in [0, 0.05) is 40.7 Å². The normalized spacial score (nSPS) is 11.0. The van der Waals surface area contributed by atoms with E-state index in [2.05, 4.69) is 16.7 Å². The molecule has 0 fully saturated rings. The highest BCUT2D eigenvalue weighted by atomic mass is 32.2. The summed E-state index contributed by atoms with van der Waals surface area (Å²) in [7, 11) is 0. The molecule has 0 N–H and O–H groups in total. The van der Waals surface area contributed by atoms with Crippen LogP contribution < -0.4 is 4.74 Å². The molecule has 6 rings (SSSR count). The van der Waals surface area contributed by atoms with Gasteiger partial charge in [0.2, 0.25) is 11.6 Å². The van der Waals surface area contributed by atoms with Crippen molar-refractivity contribution in [2.45, 2.75) is 52.5 Å². The van der Waals surface area contributed by atoms with Gasteiger partial charge in [0.1, 0.15) is 6.07 Å². The van der Waals surface area contributed by atoms with Crippen molar-refractivity contribution in [2.24, 2.45) is 0 Å². The Morgan fingerprint density at radius 2 is 0.929 bits per heavy atom. The van der Waals surface area contributed by atoms with Crippen molar-refractivity contribution in [1.82, 2.24) is 0 Å². The fraction of sp³-hybridized carbons (Fsp3) is 0.0714. The lowest BCUT2D eigenvalue weighted by Crippen LogP contribution is -2.10. The Morgan fingerprint density at radius 3 is 1.36 bits per heavy atom. The monoisotopic (exact) mass is 837 g/mol. The third-order valence-electron chi connectivity index (χ3n) is 7.87. The van der Waals surface area contributed by atoms with Crippen LogP contribution in [0.1, 0.15) is 17.5 Å². The standard InChI is InChI=1S/C42H23F8NOS4/c1-3-4-20-52-41-37(47)33(43)31(34(44)38(41)48)32-35(45)39(49)42(40(50)36(32)46)56-27-18-14-24(15-19-27)53-23-12-16-26(17-13-23)55-30-7-5-6-29(28(30)21-51)54-25-10-8-22(2)9-11-25/h1,5-19H,4,20H2,2H3. The van der Waals surface area contributed by atoms with E-state index < -0.39 is 74.9 Å². The number of hydrogen-bond donors (Lipinski definition) is 0. The first-order chi connectivity index (χ1) is 26.9. The summed E-state index contributed by atoms with van der Waals surface area (Å²) >= 11 is 4.61. The first-order valence-corrected chi connectivity index (χ1v) is 19.5. The maximum Gasteiger partial charge on any atom is 0.204 e. The van der Waals surface area contributed by atoms with Crippen molar-refractivity contribution < 1.29 is 39.9 Å². The SMILES string of the molecule is C#CCCOc1c(F)c(F)c(-c2c(F)c(F)c(Sc3ccc(Sc4ccc(Sc5cccc(Sc6ccc(C)cc6)c5C#N)cc4)cc3)c(F)c2F)c(F)c1F. The van der Waals surface area contributed by atoms with E-state index in [-0.39, 0.29) is 23.1 Å². The number of ether oxygens (including phenoxy) is 1. The Bertz CT molecular complexity index is 2460. The molecule has 0 aliphatic heterocycles. The fourth-order valence-corrected chi connectivity index (χ4v) is 8.76. The van der Waals surface area contributed by atoms with E-state index in [0.29, 0.717) is 10.5 Å². The Kier molecular flexibility index (Phi) is 13.0. The van der Waals surface area contributed by atoms with Crippen LogP contribution in [0, 0.1) is 77.1 Å². The average Bonchev–Trinajstić information content (AvgIpc) is 3.20. The zero-order chi connectivity index (χ0) is 40.1. The predicted octanol–water partition coefficient (Wildman–Crippen LogP) is 13.7. The molecule has 0 amide bonds. The van der Waals surface area contributed by atoms with E-state index >= 15 is 17.6 Å². The molecule has 0 saturated heterocycles. The van der Waals surface area contributed by atoms with Gasteiger partial charge in [-0.15, -0.1) is 12.3 Å². The van der Waals surface area contributed by atoms with Gasteiger partial charge < -0.3 is 4.74 Å². The molecule has 2 nitrogen and oxygen atoms in total. The summed E-state index contributed by atoms with van der Waals surface area (Å²) in [5.74, 6) is -17.1. The molecule has 14 heteroatoms. The van der Waals surface area contributed by atoms with Crippen molar-refractivity contribution in [3.63, 3.8) is 0 Å². The van der Waals surface area contributed by atoms with Gasteiger partial charge in [-0.1, -0.05) is 70.8 Å². The van der Waals surface area contributed by atoms with E-state index in [4.69, 9.17) is 6.42 Å². The van der Waals surface area contributed by atoms with Gasteiger partial charge in [0.25, 0.3) is 0 Å². The second-order valence-corrected chi connectivity index (χ2v) is 16.1. The van der Waals surface area contributed by atoms with Crippen molar-refractivity contribution in [2.75, 3.05) is 6.61 Å². The first-order valence-electron chi connectivity index (χ1n) is 16.2. The van der Waals surface area contributed by atoms with Crippen LogP contribution in [0.3, 0.4) is 0 Å². The van der Waals surface area contributed by atoms with Crippen LogP contribution in [0.15, 0.2) is 130 Å². The zero-order valence-electron chi connectivity index (χ0n) is 28.7. The summed E-state index contributed by atoms with van der Waals surface area (Å²) in [6.45, 7) is 1.46. The lowest BCUT2D eigenvalue weighted by molar-refractivity contribution is 0.278. The maximum absolute atomic E-state index is 15.2. The van der Waals surface area contributed by atoms with Crippen LogP contribution in [-0.4, -0.2) is 6.61 Å². The van der Waals surface area contributed by atoms with Crippen molar-refractivity contribution >= 4 is 47.0 Å². The van der Waals surface area contributed by atoms with Crippen molar-refractivity contribution in [3.8, 4) is 35.3 Å². The van der Waals surface area contributed by atoms with Crippen LogP contribution in [0.4, 0.5) is 35.1 Å². The number of hydrogen-bond acceptors (Lipinski definition) is 6.